The lowest BCUT2D eigenvalue weighted by molar-refractivity contribution is 0.949. The van der Waals surface area contributed by atoms with Crippen LogP contribution in [0.15, 0.2) is 102 Å². The van der Waals surface area contributed by atoms with Gasteiger partial charge in [0.05, 0.1) is 17.6 Å². The fraction of sp³-hybridized carbons (Fsp3) is 0.148. The molecule has 0 atom stereocenters. The highest BCUT2D eigenvalue weighted by atomic mass is 15.5. The van der Waals surface area contributed by atoms with Crippen molar-refractivity contribution in [3.63, 3.8) is 0 Å². The molecule has 1 saturated heterocycles. The molecule has 1 aliphatic rings. The van der Waals surface area contributed by atoms with E-state index in [9.17, 15) is 0 Å². The van der Waals surface area contributed by atoms with Gasteiger partial charge in [0.2, 0.25) is 0 Å². The highest BCUT2D eigenvalue weighted by molar-refractivity contribution is 5.96. The van der Waals surface area contributed by atoms with Crippen molar-refractivity contribution in [3.05, 3.63) is 103 Å². The minimum Gasteiger partial charge on any atom is -0.372 e. The summed E-state index contributed by atoms with van der Waals surface area (Å²) in [5, 5.41) is 9.33. The Kier molecular flexibility index (Phi) is 5.17. The summed E-state index contributed by atoms with van der Waals surface area (Å²) in [6.07, 6.45) is 4.53. The topological polar surface area (TPSA) is 18.8 Å². The molecule has 30 heavy (non-hydrogen) atoms. The lowest BCUT2D eigenvalue weighted by Crippen LogP contribution is -2.17. The zero-order chi connectivity index (χ0) is 20.2. The van der Waals surface area contributed by atoms with Crippen LogP contribution in [0, 0.1) is 0 Å². The molecule has 1 heterocycles. The van der Waals surface area contributed by atoms with Crippen molar-refractivity contribution in [1.29, 1.82) is 0 Å². The van der Waals surface area contributed by atoms with Crippen molar-refractivity contribution in [1.82, 2.24) is 0 Å². The van der Waals surface area contributed by atoms with Gasteiger partial charge in [0.15, 0.2) is 0 Å². The van der Waals surface area contributed by atoms with Crippen LogP contribution in [0.4, 0.5) is 17.1 Å². The molecule has 0 saturated carbocycles. The largest absolute Gasteiger partial charge is 0.372 e. The second kappa shape index (κ2) is 8.42. The number of hydrogen-bond donors (Lipinski definition) is 0. The molecular weight excluding hydrogens is 366 g/mol. The van der Waals surface area contributed by atoms with E-state index in [0.29, 0.717) is 0 Å². The number of hydrogen-bond acceptors (Lipinski definition) is 3. The van der Waals surface area contributed by atoms with Crippen LogP contribution >= 0.6 is 0 Å². The van der Waals surface area contributed by atoms with Crippen molar-refractivity contribution < 1.29 is 0 Å². The lowest BCUT2D eigenvalue weighted by Gasteiger charge is -2.21. The third-order valence-electron chi connectivity index (χ3n) is 5.68. The van der Waals surface area contributed by atoms with Gasteiger partial charge in [-0.3, -0.25) is 0 Å². The fourth-order valence-electron chi connectivity index (χ4n) is 4.10. The monoisotopic (exact) mass is 391 g/mol. The second-order valence-electron chi connectivity index (χ2n) is 7.68. The molecule has 0 spiro atoms. The SMILES string of the molecule is C(=N/N(c1ccccc1)c1cccc2ccccc12)/c1ccc(N2CCCC2)cc1. The fourth-order valence-corrected chi connectivity index (χ4v) is 4.10. The Morgan fingerprint density at radius 2 is 1.40 bits per heavy atom. The number of fused-ring (bicyclic) bond motifs is 1. The summed E-state index contributed by atoms with van der Waals surface area (Å²) in [7, 11) is 0. The predicted octanol–water partition coefficient (Wildman–Crippen LogP) is 6.61. The number of anilines is 3. The Balaban J connectivity index is 1.50. The number of hydrazone groups is 1. The van der Waals surface area contributed by atoms with Crippen molar-refractivity contribution in [2.45, 2.75) is 12.8 Å². The smallest absolute Gasteiger partial charge is 0.0730 e. The van der Waals surface area contributed by atoms with Gasteiger partial charge in [-0.15, -0.1) is 0 Å². The third-order valence-corrected chi connectivity index (χ3v) is 5.68. The maximum atomic E-state index is 4.91. The number of para-hydroxylation sites is 1. The van der Waals surface area contributed by atoms with Crippen LogP contribution in [0.3, 0.4) is 0 Å². The summed E-state index contributed by atoms with van der Waals surface area (Å²) in [6.45, 7) is 2.33. The molecule has 0 amide bonds. The number of rotatable bonds is 5. The molecule has 4 aromatic carbocycles. The minimum atomic E-state index is 1.04. The first kappa shape index (κ1) is 18.4. The van der Waals surface area contributed by atoms with Gasteiger partial charge in [0, 0.05) is 24.2 Å². The van der Waals surface area contributed by atoms with E-state index in [1.54, 1.807) is 0 Å². The molecule has 148 valence electrons. The van der Waals surface area contributed by atoms with Gasteiger partial charge < -0.3 is 4.90 Å². The highest BCUT2D eigenvalue weighted by Crippen LogP contribution is 2.32. The molecule has 3 heteroatoms. The molecule has 0 radical (unpaired) electrons. The van der Waals surface area contributed by atoms with Gasteiger partial charge in [0.25, 0.3) is 0 Å². The lowest BCUT2D eigenvalue weighted by atomic mass is 10.1. The Hall–Kier alpha value is -3.59. The molecule has 5 rings (SSSR count). The summed E-state index contributed by atoms with van der Waals surface area (Å²) < 4.78 is 0. The van der Waals surface area contributed by atoms with E-state index in [-0.39, 0.29) is 0 Å². The molecule has 0 bridgehead atoms. The number of benzene rings is 4. The molecule has 0 aliphatic carbocycles. The Bertz CT molecular complexity index is 1140. The molecular formula is C27H25N3. The van der Waals surface area contributed by atoms with Gasteiger partial charge in [0.1, 0.15) is 0 Å². The summed E-state index contributed by atoms with van der Waals surface area (Å²) in [4.78, 5) is 2.45. The van der Waals surface area contributed by atoms with Gasteiger partial charge >= 0.3 is 0 Å². The molecule has 4 aromatic rings. The van der Waals surface area contributed by atoms with Crippen LogP contribution in [-0.4, -0.2) is 19.3 Å². The average Bonchev–Trinajstić information content (AvgIpc) is 3.35. The first-order valence-corrected chi connectivity index (χ1v) is 10.6. The maximum absolute atomic E-state index is 4.91. The molecule has 1 aliphatic heterocycles. The number of nitrogens with zero attached hydrogens (tertiary/aromatic N) is 3. The van der Waals surface area contributed by atoms with E-state index in [4.69, 9.17) is 5.10 Å². The van der Waals surface area contributed by atoms with Gasteiger partial charge in [-0.2, -0.15) is 5.10 Å². The Morgan fingerprint density at radius 3 is 2.20 bits per heavy atom. The van der Waals surface area contributed by atoms with Gasteiger partial charge in [-0.05, 0) is 54.1 Å². The second-order valence-corrected chi connectivity index (χ2v) is 7.68. The third kappa shape index (κ3) is 3.79. The standard InChI is InChI=1S/C27H25N3/c1-2-11-25(12-3-1)30(27-14-8-10-23-9-4-5-13-26(23)27)28-21-22-15-17-24(18-16-22)29-19-6-7-20-29/h1-5,8-18,21H,6-7,19-20H2/b28-21-. The van der Waals surface area contributed by atoms with E-state index in [0.717, 1.165) is 30.0 Å². The summed E-state index contributed by atoms with van der Waals surface area (Å²) >= 11 is 0. The van der Waals surface area contributed by atoms with Crippen molar-refractivity contribution in [3.8, 4) is 0 Å². The summed E-state index contributed by atoms with van der Waals surface area (Å²) in [5.74, 6) is 0. The van der Waals surface area contributed by atoms with Crippen molar-refractivity contribution in [2.24, 2.45) is 5.10 Å². The zero-order valence-corrected chi connectivity index (χ0v) is 17.0. The van der Waals surface area contributed by atoms with Crippen LogP contribution in [-0.2, 0) is 0 Å². The first-order chi connectivity index (χ1) is 14.9. The maximum Gasteiger partial charge on any atom is 0.0730 e. The normalized spacial score (nSPS) is 13.9. The van der Waals surface area contributed by atoms with Crippen LogP contribution in [0.2, 0.25) is 0 Å². The Labute approximate surface area is 177 Å². The van der Waals surface area contributed by atoms with Crippen LogP contribution in [0.5, 0.6) is 0 Å². The molecule has 0 N–H and O–H groups in total. The van der Waals surface area contributed by atoms with Crippen LogP contribution < -0.4 is 9.91 Å². The van der Waals surface area contributed by atoms with Gasteiger partial charge in [-0.1, -0.05) is 66.7 Å². The highest BCUT2D eigenvalue weighted by Gasteiger charge is 2.13. The first-order valence-electron chi connectivity index (χ1n) is 10.6. The van der Waals surface area contributed by atoms with Crippen LogP contribution in [0.1, 0.15) is 18.4 Å². The summed E-state index contributed by atoms with van der Waals surface area (Å²) in [5.41, 5.74) is 4.51. The zero-order valence-electron chi connectivity index (χ0n) is 17.0. The van der Waals surface area contributed by atoms with E-state index < -0.39 is 0 Å². The molecule has 1 fully saturated rings. The predicted molar refractivity (Wildman–Crippen MR) is 128 cm³/mol. The van der Waals surface area contributed by atoms with E-state index >= 15 is 0 Å². The van der Waals surface area contributed by atoms with E-state index in [2.05, 4.69) is 83.8 Å². The average molecular weight is 392 g/mol. The molecule has 0 unspecified atom stereocenters. The Morgan fingerprint density at radius 1 is 0.700 bits per heavy atom. The summed E-state index contributed by atoms with van der Waals surface area (Å²) in [6, 6.07) is 33.9. The van der Waals surface area contributed by atoms with E-state index in [1.807, 2.05) is 29.4 Å². The van der Waals surface area contributed by atoms with Crippen LogP contribution in [0.25, 0.3) is 10.8 Å². The van der Waals surface area contributed by atoms with Crippen molar-refractivity contribution >= 4 is 34.0 Å². The van der Waals surface area contributed by atoms with Gasteiger partial charge in [-0.25, -0.2) is 5.01 Å². The van der Waals surface area contributed by atoms with E-state index in [1.165, 1.54) is 29.3 Å². The van der Waals surface area contributed by atoms with Crippen molar-refractivity contribution in [2.75, 3.05) is 23.0 Å². The molecule has 0 aromatic heterocycles. The minimum absolute atomic E-state index is 1.04. The molecule has 3 nitrogen and oxygen atoms in total. The quantitative estimate of drug-likeness (QED) is 0.281.